The van der Waals surface area contributed by atoms with Crippen LogP contribution in [0.1, 0.15) is 5.56 Å². The molecule has 3 nitrogen and oxygen atoms in total. The molecular formula is C28H19N3. The van der Waals surface area contributed by atoms with Crippen LogP contribution in [0.2, 0.25) is 0 Å². The fourth-order valence-electron chi connectivity index (χ4n) is 4.27. The first-order valence-corrected chi connectivity index (χ1v) is 10.4. The highest BCUT2D eigenvalue weighted by atomic mass is 14.7. The van der Waals surface area contributed by atoms with Crippen LogP contribution in [-0.2, 0) is 0 Å². The second-order valence-corrected chi connectivity index (χ2v) is 7.82. The first kappa shape index (κ1) is 17.7. The van der Waals surface area contributed by atoms with Gasteiger partial charge in [-0.05, 0) is 48.2 Å². The van der Waals surface area contributed by atoms with Gasteiger partial charge < -0.3 is 0 Å². The smallest absolute Gasteiger partial charge is 0.0809 e. The molecule has 0 aliphatic heterocycles. The lowest BCUT2D eigenvalue weighted by Crippen LogP contribution is -1.92. The predicted octanol–water partition coefficient (Wildman–Crippen LogP) is 6.97. The Morgan fingerprint density at radius 1 is 0.581 bits per heavy atom. The van der Waals surface area contributed by atoms with E-state index in [1.165, 1.54) is 5.56 Å². The number of aromatic nitrogens is 3. The van der Waals surface area contributed by atoms with Crippen molar-refractivity contribution in [1.82, 2.24) is 15.0 Å². The summed E-state index contributed by atoms with van der Waals surface area (Å²) in [5.74, 6) is 0. The molecular weight excluding hydrogens is 378 g/mol. The molecule has 31 heavy (non-hydrogen) atoms. The van der Waals surface area contributed by atoms with Crippen molar-refractivity contribution in [2.24, 2.45) is 0 Å². The molecule has 0 aliphatic rings. The monoisotopic (exact) mass is 397 g/mol. The summed E-state index contributed by atoms with van der Waals surface area (Å²) in [6.07, 6.45) is 3.68. The van der Waals surface area contributed by atoms with Crippen LogP contribution in [0.5, 0.6) is 0 Å². The van der Waals surface area contributed by atoms with Crippen LogP contribution in [0.3, 0.4) is 0 Å². The molecule has 0 saturated carbocycles. The van der Waals surface area contributed by atoms with Crippen molar-refractivity contribution in [3.05, 3.63) is 103 Å². The summed E-state index contributed by atoms with van der Waals surface area (Å²) in [5.41, 5.74) is 7.31. The van der Waals surface area contributed by atoms with E-state index in [9.17, 15) is 0 Å². The number of hydrogen-bond acceptors (Lipinski definition) is 3. The maximum atomic E-state index is 5.16. The Balaban J connectivity index is 1.63. The third-order valence-electron chi connectivity index (χ3n) is 5.89. The summed E-state index contributed by atoms with van der Waals surface area (Å²) in [4.78, 5) is 14.4. The van der Waals surface area contributed by atoms with Crippen LogP contribution >= 0.6 is 0 Å². The Labute approximate surface area is 180 Å². The number of benzene rings is 3. The molecule has 146 valence electrons. The highest BCUT2D eigenvalue weighted by Gasteiger charge is 2.11. The first-order chi connectivity index (χ1) is 15.3. The summed E-state index contributed by atoms with van der Waals surface area (Å²) in [7, 11) is 0. The molecule has 3 heterocycles. The lowest BCUT2D eigenvalue weighted by Gasteiger charge is -2.11. The molecule has 0 unspecified atom stereocenters. The molecule has 0 aliphatic carbocycles. The summed E-state index contributed by atoms with van der Waals surface area (Å²) < 4.78 is 0. The average molecular weight is 397 g/mol. The van der Waals surface area contributed by atoms with Gasteiger partial charge in [-0.1, -0.05) is 54.6 Å². The molecule has 6 aromatic rings. The molecule has 6 rings (SSSR count). The van der Waals surface area contributed by atoms with E-state index in [1.807, 2.05) is 36.7 Å². The predicted molar refractivity (Wildman–Crippen MR) is 128 cm³/mol. The van der Waals surface area contributed by atoms with Crippen molar-refractivity contribution in [3.63, 3.8) is 0 Å². The normalized spacial score (nSPS) is 11.4. The number of fused-ring (bicyclic) bond motifs is 5. The Morgan fingerprint density at radius 2 is 1.35 bits per heavy atom. The summed E-state index contributed by atoms with van der Waals surface area (Å²) in [5, 5.41) is 4.51. The Morgan fingerprint density at radius 3 is 2.19 bits per heavy atom. The fourth-order valence-corrected chi connectivity index (χ4v) is 4.27. The van der Waals surface area contributed by atoms with E-state index < -0.39 is 0 Å². The lowest BCUT2D eigenvalue weighted by atomic mass is 9.98. The second-order valence-electron chi connectivity index (χ2n) is 7.82. The van der Waals surface area contributed by atoms with Gasteiger partial charge in [0.15, 0.2) is 0 Å². The van der Waals surface area contributed by atoms with E-state index in [4.69, 9.17) is 4.98 Å². The van der Waals surface area contributed by atoms with Crippen LogP contribution in [0, 0.1) is 6.92 Å². The number of rotatable bonds is 2. The Bertz CT molecular complexity index is 1580. The highest BCUT2D eigenvalue weighted by Crippen LogP contribution is 2.33. The van der Waals surface area contributed by atoms with Crippen molar-refractivity contribution >= 4 is 32.6 Å². The van der Waals surface area contributed by atoms with Crippen molar-refractivity contribution in [2.75, 3.05) is 0 Å². The number of aryl methyl sites for hydroxylation is 1. The summed E-state index contributed by atoms with van der Waals surface area (Å²) >= 11 is 0. The highest BCUT2D eigenvalue weighted by molar-refractivity contribution is 6.17. The standard InChI is InChI=1S/C28H19N3/c1-18-7-8-22(24-6-2-3-15-29-24)17-23(18)25-14-13-21-12-10-19-9-11-20-5-4-16-30-27(20)26(19)28(21)31-25/h2-17H,1H3. The van der Waals surface area contributed by atoms with Gasteiger partial charge in [-0.3, -0.25) is 9.97 Å². The topological polar surface area (TPSA) is 38.7 Å². The quantitative estimate of drug-likeness (QED) is 0.296. The Kier molecular flexibility index (Phi) is 4.00. The minimum absolute atomic E-state index is 0.961. The van der Waals surface area contributed by atoms with E-state index in [0.29, 0.717) is 0 Å². The van der Waals surface area contributed by atoms with Gasteiger partial charge in [0.25, 0.3) is 0 Å². The minimum atomic E-state index is 0.961. The van der Waals surface area contributed by atoms with Crippen LogP contribution in [-0.4, -0.2) is 15.0 Å². The van der Waals surface area contributed by atoms with E-state index in [0.717, 1.165) is 55.1 Å². The van der Waals surface area contributed by atoms with Gasteiger partial charge in [-0.15, -0.1) is 0 Å². The van der Waals surface area contributed by atoms with Crippen molar-refractivity contribution in [2.45, 2.75) is 6.92 Å². The number of pyridine rings is 3. The number of hydrogen-bond donors (Lipinski definition) is 0. The molecule has 0 atom stereocenters. The number of nitrogens with zero attached hydrogens (tertiary/aromatic N) is 3. The molecule has 3 aromatic carbocycles. The molecule has 0 spiro atoms. The zero-order valence-electron chi connectivity index (χ0n) is 17.1. The molecule has 0 fully saturated rings. The van der Waals surface area contributed by atoms with Gasteiger partial charge in [0.05, 0.1) is 22.4 Å². The zero-order chi connectivity index (χ0) is 20.8. The lowest BCUT2D eigenvalue weighted by molar-refractivity contribution is 1.31. The van der Waals surface area contributed by atoms with Gasteiger partial charge in [-0.25, -0.2) is 4.98 Å². The summed E-state index contributed by atoms with van der Waals surface area (Å²) in [6, 6.07) is 29.4. The minimum Gasteiger partial charge on any atom is -0.256 e. The molecule has 3 aromatic heterocycles. The maximum absolute atomic E-state index is 5.16. The largest absolute Gasteiger partial charge is 0.256 e. The molecule has 0 amide bonds. The molecule has 0 saturated heterocycles. The van der Waals surface area contributed by atoms with Crippen LogP contribution < -0.4 is 0 Å². The molecule has 0 N–H and O–H groups in total. The Hall–Kier alpha value is -4.11. The van der Waals surface area contributed by atoms with E-state index in [1.54, 1.807) is 0 Å². The first-order valence-electron chi connectivity index (χ1n) is 10.4. The van der Waals surface area contributed by atoms with Crippen molar-refractivity contribution < 1.29 is 0 Å². The van der Waals surface area contributed by atoms with E-state index >= 15 is 0 Å². The van der Waals surface area contributed by atoms with E-state index in [-0.39, 0.29) is 0 Å². The third-order valence-corrected chi connectivity index (χ3v) is 5.89. The third kappa shape index (κ3) is 2.94. The van der Waals surface area contributed by atoms with Gasteiger partial charge in [0.1, 0.15) is 0 Å². The second kappa shape index (κ2) is 6.99. The van der Waals surface area contributed by atoms with Gasteiger partial charge in [0.2, 0.25) is 0 Å². The van der Waals surface area contributed by atoms with Crippen LogP contribution in [0.25, 0.3) is 55.1 Å². The van der Waals surface area contributed by atoms with Crippen molar-refractivity contribution in [1.29, 1.82) is 0 Å². The van der Waals surface area contributed by atoms with Gasteiger partial charge in [-0.2, -0.15) is 0 Å². The van der Waals surface area contributed by atoms with E-state index in [2.05, 4.69) is 77.6 Å². The molecule has 3 heteroatoms. The van der Waals surface area contributed by atoms with Gasteiger partial charge >= 0.3 is 0 Å². The fraction of sp³-hybridized carbons (Fsp3) is 0.0357. The van der Waals surface area contributed by atoms with Crippen molar-refractivity contribution in [3.8, 4) is 22.5 Å². The molecule has 0 radical (unpaired) electrons. The molecule has 0 bridgehead atoms. The van der Waals surface area contributed by atoms with Crippen LogP contribution in [0.4, 0.5) is 0 Å². The van der Waals surface area contributed by atoms with Crippen LogP contribution in [0.15, 0.2) is 97.3 Å². The summed E-state index contributed by atoms with van der Waals surface area (Å²) in [6.45, 7) is 2.13. The SMILES string of the molecule is Cc1ccc(-c2ccccn2)cc1-c1ccc2ccc3ccc4cccnc4c3c2n1. The zero-order valence-corrected chi connectivity index (χ0v) is 17.1. The maximum Gasteiger partial charge on any atom is 0.0809 e. The average Bonchev–Trinajstić information content (AvgIpc) is 2.84. The van der Waals surface area contributed by atoms with Gasteiger partial charge in [0, 0.05) is 39.7 Å².